The average Bonchev–Trinajstić information content (AvgIpc) is 2.87. The fourth-order valence-corrected chi connectivity index (χ4v) is 3.35. The van der Waals surface area contributed by atoms with Gasteiger partial charge in [0, 0.05) is 7.05 Å². The Balaban J connectivity index is 2.18. The minimum absolute atomic E-state index is 0.409. The number of amides is 3. The third kappa shape index (κ3) is 2.97. The van der Waals surface area contributed by atoms with E-state index in [1.165, 1.54) is 33.2 Å². The molecule has 2 aromatic carbocycles. The molecule has 0 bridgehead atoms. The lowest BCUT2D eigenvalue weighted by atomic mass is 9.90. The fourth-order valence-electron chi connectivity index (χ4n) is 3.35. The summed E-state index contributed by atoms with van der Waals surface area (Å²) in [5, 5.41) is 9.10. The van der Waals surface area contributed by atoms with E-state index in [2.05, 4.69) is 0 Å². The Bertz CT molecular complexity index is 1030. The summed E-state index contributed by atoms with van der Waals surface area (Å²) in [7, 11) is 2.81. The van der Waals surface area contributed by atoms with Crippen LogP contribution in [0.5, 0.6) is 5.75 Å². The van der Waals surface area contributed by atoms with Gasteiger partial charge < -0.3 is 9.64 Å². The van der Waals surface area contributed by atoms with Crippen LogP contribution in [0.15, 0.2) is 42.5 Å². The third-order valence-electron chi connectivity index (χ3n) is 5.11. The molecule has 0 spiro atoms. The van der Waals surface area contributed by atoms with Gasteiger partial charge in [-0.1, -0.05) is 18.2 Å². The molecule has 0 aromatic heterocycles. The number of nitriles is 1. The van der Waals surface area contributed by atoms with Crippen molar-refractivity contribution in [2.45, 2.75) is 18.6 Å². The van der Waals surface area contributed by atoms with Crippen molar-refractivity contribution in [1.82, 2.24) is 4.90 Å². The summed E-state index contributed by atoms with van der Waals surface area (Å²) in [6, 6.07) is 10.1. The Labute approximate surface area is 164 Å². The number of nitrogens with zero attached hydrogens (tertiary/aromatic N) is 3. The highest BCUT2D eigenvalue weighted by atomic mass is 19.4. The van der Waals surface area contributed by atoms with Crippen molar-refractivity contribution in [3.05, 3.63) is 59.2 Å². The molecule has 1 heterocycles. The van der Waals surface area contributed by atoms with Crippen molar-refractivity contribution in [2.24, 2.45) is 0 Å². The summed E-state index contributed by atoms with van der Waals surface area (Å²) in [5.41, 5.74) is -3.79. The van der Waals surface area contributed by atoms with Gasteiger partial charge in [0.2, 0.25) is 0 Å². The van der Waals surface area contributed by atoms with Crippen LogP contribution in [0.4, 0.5) is 23.7 Å². The summed E-state index contributed by atoms with van der Waals surface area (Å²) in [6.45, 7) is 1.45. The van der Waals surface area contributed by atoms with Gasteiger partial charge >= 0.3 is 12.2 Å². The van der Waals surface area contributed by atoms with Gasteiger partial charge in [-0.15, -0.1) is 0 Å². The van der Waals surface area contributed by atoms with Crippen LogP contribution in [0.3, 0.4) is 0 Å². The minimum atomic E-state index is -4.93. The number of benzene rings is 2. The van der Waals surface area contributed by atoms with Crippen molar-refractivity contribution in [3.8, 4) is 11.8 Å². The molecule has 0 saturated carbocycles. The van der Waals surface area contributed by atoms with Gasteiger partial charge in [-0.25, -0.2) is 9.69 Å². The number of carbonyl (C=O) groups excluding carboxylic acids is 2. The second-order valence-electron chi connectivity index (χ2n) is 6.59. The molecule has 3 amide bonds. The van der Waals surface area contributed by atoms with Crippen LogP contribution >= 0.6 is 0 Å². The second kappa shape index (κ2) is 6.81. The quantitative estimate of drug-likeness (QED) is 0.729. The van der Waals surface area contributed by atoms with Gasteiger partial charge in [0.25, 0.3) is 5.91 Å². The molecule has 1 saturated heterocycles. The lowest BCUT2D eigenvalue weighted by Crippen LogP contribution is -2.42. The van der Waals surface area contributed by atoms with E-state index in [1.807, 2.05) is 0 Å². The van der Waals surface area contributed by atoms with Gasteiger partial charge in [0.1, 0.15) is 11.3 Å². The third-order valence-corrected chi connectivity index (χ3v) is 5.11. The molecule has 9 heteroatoms. The van der Waals surface area contributed by atoms with E-state index in [1.54, 1.807) is 24.3 Å². The highest BCUT2D eigenvalue weighted by Gasteiger charge is 2.55. The van der Waals surface area contributed by atoms with E-state index in [4.69, 9.17) is 10.00 Å². The van der Waals surface area contributed by atoms with Crippen LogP contribution in [0, 0.1) is 11.3 Å². The SMILES string of the molecule is COc1ccc([C@]2(C)C(=O)N(c3cccc(C#N)c3C(F)(F)F)C(=O)N2C)cc1. The monoisotopic (exact) mass is 403 g/mol. The zero-order valence-corrected chi connectivity index (χ0v) is 15.7. The Morgan fingerprint density at radius 2 is 1.72 bits per heavy atom. The molecule has 0 N–H and O–H groups in total. The zero-order chi connectivity index (χ0) is 21.6. The summed E-state index contributed by atoms with van der Waals surface area (Å²) in [6.07, 6.45) is -4.93. The van der Waals surface area contributed by atoms with Gasteiger partial charge in [-0.2, -0.15) is 18.4 Å². The van der Waals surface area contributed by atoms with E-state index < -0.39 is 40.5 Å². The predicted octanol–water partition coefficient (Wildman–Crippen LogP) is 3.90. The molecule has 6 nitrogen and oxygen atoms in total. The molecule has 0 aliphatic carbocycles. The molecular formula is C20H16F3N3O3. The number of hydrogen-bond acceptors (Lipinski definition) is 4. The maximum Gasteiger partial charge on any atom is 0.419 e. The Hall–Kier alpha value is -3.54. The minimum Gasteiger partial charge on any atom is -0.497 e. The van der Waals surface area contributed by atoms with Gasteiger partial charge in [-0.3, -0.25) is 4.79 Å². The lowest BCUT2D eigenvalue weighted by Gasteiger charge is -2.29. The van der Waals surface area contributed by atoms with Crippen LogP contribution in [0.1, 0.15) is 23.6 Å². The summed E-state index contributed by atoms with van der Waals surface area (Å²) in [4.78, 5) is 27.7. The number of imide groups is 1. The molecule has 0 unspecified atom stereocenters. The number of rotatable bonds is 3. The van der Waals surface area contributed by atoms with Crippen LogP contribution in [-0.2, 0) is 16.5 Å². The van der Waals surface area contributed by atoms with E-state index in [0.717, 1.165) is 17.0 Å². The van der Waals surface area contributed by atoms with Crippen LogP contribution < -0.4 is 9.64 Å². The smallest absolute Gasteiger partial charge is 0.419 e. The molecule has 1 fully saturated rings. The van der Waals surface area contributed by atoms with E-state index in [-0.39, 0.29) is 0 Å². The van der Waals surface area contributed by atoms with E-state index >= 15 is 0 Å². The number of anilines is 1. The molecule has 0 radical (unpaired) electrons. The number of carbonyl (C=O) groups is 2. The van der Waals surface area contributed by atoms with E-state index in [9.17, 15) is 22.8 Å². The van der Waals surface area contributed by atoms with Crippen molar-refractivity contribution < 1.29 is 27.5 Å². The number of halogens is 3. The number of likely N-dealkylation sites (N-methyl/N-ethyl adjacent to an activating group) is 1. The number of hydrogen-bond donors (Lipinski definition) is 0. The maximum atomic E-state index is 13.7. The highest BCUT2D eigenvalue weighted by Crippen LogP contribution is 2.44. The first-order chi connectivity index (χ1) is 13.6. The zero-order valence-electron chi connectivity index (χ0n) is 15.7. The van der Waals surface area contributed by atoms with Crippen LogP contribution in [-0.4, -0.2) is 31.0 Å². The molecular weight excluding hydrogens is 387 g/mol. The maximum absolute atomic E-state index is 13.7. The molecule has 1 aliphatic rings. The van der Waals surface area contributed by atoms with Crippen molar-refractivity contribution in [1.29, 1.82) is 5.26 Å². The number of ether oxygens (including phenoxy) is 1. The van der Waals surface area contributed by atoms with Gasteiger partial charge in [0.15, 0.2) is 0 Å². The lowest BCUT2D eigenvalue weighted by molar-refractivity contribution is -0.137. The Kier molecular flexibility index (Phi) is 4.74. The van der Waals surface area contributed by atoms with Crippen molar-refractivity contribution in [2.75, 3.05) is 19.1 Å². The average molecular weight is 403 g/mol. The molecule has 1 atom stereocenters. The number of alkyl halides is 3. The van der Waals surface area contributed by atoms with Crippen molar-refractivity contribution in [3.63, 3.8) is 0 Å². The summed E-state index contributed by atoms with van der Waals surface area (Å²) in [5.74, 6) is -0.328. The molecule has 29 heavy (non-hydrogen) atoms. The Morgan fingerprint density at radius 3 is 2.24 bits per heavy atom. The fraction of sp³-hybridized carbons (Fsp3) is 0.250. The van der Waals surface area contributed by atoms with Crippen molar-refractivity contribution >= 4 is 17.6 Å². The van der Waals surface area contributed by atoms with Crippen LogP contribution in [0.25, 0.3) is 0 Å². The highest BCUT2D eigenvalue weighted by molar-refractivity contribution is 6.23. The van der Waals surface area contributed by atoms with Gasteiger partial charge in [-0.05, 0) is 36.8 Å². The van der Waals surface area contributed by atoms with Gasteiger partial charge in [0.05, 0.1) is 30.0 Å². The second-order valence-corrected chi connectivity index (χ2v) is 6.59. The first-order valence-electron chi connectivity index (χ1n) is 8.44. The number of urea groups is 1. The van der Waals surface area contributed by atoms with E-state index in [0.29, 0.717) is 16.2 Å². The molecule has 3 rings (SSSR count). The normalized spacial score (nSPS) is 19.5. The Morgan fingerprint density at radius 1 is 1.10 bits per heavy atom. The summed E-state index contributed by atoms with van der Waals surface area (Å²) >= 11 is 0. The molecule has 1 aliphatic heterocycles. The standard InChI is InChI=1S/C20H16F3N3O3/c1-19(13-7-9-14(29-3)10-8-13)17(27)26(18(28)25(19)2)15-6-4-5-12(11-24)16(15)20(21,22)23/h4-10H,1-3H3/t19-/m1/s1. The largest absolute Gasteiger partial charge is 0.497 e. The first-order valence-corrected chi connectivity index (χ1v) is 8.44. The predicted molar refractivity (Wildman–Crippen MR) is 97.2 cm³/mol. The first kappa shape index (κ1) is 20.2. The molecule has 150 valence electrons. The topological polar surface area (TPSA) is 73.6 Å². The summed E-state index contributed by atoms with van der Waals surface area (Å²) < 4.78 is 46.1. The molecule has 2 aromatic rings. The van der Waals surface area contributed by atoms with Crippen LogP contribution in [0.2, 0.25) is 0 Å². The number of methoxy groups -OCH3 is 1.